The molecule has 0 unspecified atom stereocenters. The fraction of sp³-hybridized carbons (Fsp3) is 0.750. The maximum atomic E-state index is 11.3. The number of hydrogen-bond donors (Lipinski definition) is 1. The number of carbonyl (C=O) groups excluding carboxylic acids is 1. The average Bonchev–Trinajstić information content (AvgIpc) is 2.08. The molecular formula is C8H13N3O. The summed E-state index contributed by atoms with van der Waals surface area (Å²) in [7, 11) is 0. The highest BCUT2D eigenvalue weighted by atomic mass is 16.2. The Kier molecular flexibility index (Phi) is 3.06. The summed E-state index contributed by atoms with van der Waals surface area (Å²) in [6.07, 6.45) is 2.14. The van der Waals surface area contributed by atoms with Crippen LogP contribution in [0.1, 0.15) is 19.3 Å². The van der Waals surface area contributed by atoms with E-state index in [1.807, 2.05) is 6.07 Å². The summed E-state index contributed by atoms with van der Waals surface area (Å²) in [5.74, 6) is -0.00324. The lowest BCUT2D eigenvalue weighted by Crippen LogP contribution is -2.48. The average molecular weight is 167 g/mol. The van der Waals surface area contributed by atoms with Gasteiger partial charge in [0.15, 0.2) is 0 Å². The fourth-order valence-corrected chi connectivity index (χ4v) is 1.38. The molecule has 66 valence electrons. The molecule has 1 aliphatic heterocycles. The number of nitrogens with zero attached hydrogens (tertiary/aromatic N) is 2. The summed E-state index contributed by atoms with van der Waals surface area (Å²) in [6.45, 7) is 1.29. The number of nitrogens with two attached hydrogens (primary N) is 1. The van der Waals surface area contributed by atoms with Crippen LogP contribution in [0.25, 0.3) is 0 Å². The van der Waals surface area contributed by atoms with Crippen LogP contribution in [0.5, 0.6) is 0 Å². The van der Waals surface area contributed by atoms with Crippen molar-refractivity contribution in [2.45, 2.75) is 25.3 Å². The van der Waals surface area contributed by atoms with Crippen molar-refractivity contribution in [2.24, 2.45) is 5.73 Å². The maximum Gasteiger partial charge on any atom is 0.239 e. The van der Waals surface area contributed by atoms with Gasteiger partial charge in [-0.2, -0.15) is 5.26 Å². The van der Waals surface area contributed by atoms with E-state index in [4.69, 9.17) is 11.0 Å². The predicted molar refractivity (Wildman–Crippen MR) is 44.0 cm³/mol. The lowest BCUT2D eigenvalue weighted by molar-refractivity contribution is -0.134. The first-order valence-electron chi connectivity index (χ1n) is 4.17. The zero-order valence-corrected chi connectivity index (χ0v) is 6.99. The van der Waals surface area contributed by atoms with Crippen LogP contribution in [0.4, 0.5) is 0 Å². The quantitative estimate of drug-likeness (QED) is 0.621. The Balaban J connectivity index is 2.42. The zero-order valence-electron chi connectivity index (χ0n) is 6.99. The highest BCUT2D eigenvalue weighted by Crippen LogP contribution is 2.09. The SMILES string of the molecule is N#CCCN1CCC[C@@H](N)C1=O. The summed E-state index contributed by atoms with van der Waals surface area (Å²) in [5.41, 5.74) is 5.57. The number of rotatable bonds is 2. The Morgan fingerprint density at radius 1 is 1.75 bits per heavy atom. The van der Waals surface area contributed by atoms with Crippen LogP contribution in [-0.4, -0.2) is 29.9 Å². The van der Waals surface area contributed by atoms with Crippen LogP contribution in [0.15, 0.2) is 0 Å². The molecule has 1 saturated heterocycles. The van der Waals surface area contributed by atoms with Gasteiger partial charge < -0.3 is 10.6 Å². The van der Waals surface area contributed by atoms with Crippen molar-refractivity contribution in [3.05, 3.63) is 0 Å². The minimum absolute atomic E-state index is 0.00324. The van der Waals surface area contributed by atoms with Gasteiger partial charge in [0.2, 0.25) is 5.91 Å². The summed E-state index contributed by atoms with van der Waals surface area (Å²) in [5, 5.41) is 8.33. The van der Waals surface area contributed by atoms with Crippen LogP contribution in [0.2, 0.25) is 0 Å². The van der Waals surface area contributed by atoms with Crippen LogP contribution >= 0.6 is 0 Å². The van der Waals surface area contributed by atoms with Gasteiger partial charge in [0.05, 0.1) is 18.5 Å². The Bertz CT molecular complexity index is 209. The molecule has 1 amide bonds. The molecular weight excluding hydrogens is 154 g/mol. The standard InChI is InChI=1S/C8H13N3O/c9-4-2-6-11-5-1-3-7(10)8(11)12/h7H,1-3,5-6,10H2/t7-/m1/s1. The first-order chi connectivity index (χ1) is 5.75. The van der Waals surface area contributed by atoms with Gasteiger partial charge >= 0.3 is 0 Å². The molecule has 0 aromatic heterocycles. The molecule has 0 saturated carbocycles. The Morgan fingerprint density at radius 3 is 3.17 bits per heavy atom. The van der Waals surface area contributed by atoms with E-state index in [0.29, 0.717) is 13.0 Å². The predicted octanol–water partition coefficient (Wildman–Crippen LogP) is -0.150. The monoisotopic (exact) mass is 167 g/mol. The Labute approximate surface area is 71.9 Å². The van der Waals surface area contributed by atoms with Gasteiger partial charge in [-0.25, -0.2) is 0 Å². The van der Waals surface area contributed by atoms with Crippen molar-refractivity contribution in [1.29, 1.82) is 5.26 Å². The van der Waals surface area contributed by atoms with E-state index in [1.54, 1.807) is 4.90 Å². The minimum atomic E-state index is -0.336. The largest absolute Gasteiger partial charge is 0.340 e. The molecule has 4 heteroatoms. The van der Waals surface area contributed by atoms with E-state index in [9.17, 15) is 4.79 Å². The second-order valence-electron chi connectivity index (χ2n) is 2.98. The van der Waals surface area contributed by atoms with Crippen LogP contribution in [0, 0.1) is 11.3 Å². The van der Waals surface area contributed by atoms with Gasteiger partial charge in [0.1, 0.15) is 0 Å². The molecule has 1 atom stereocenters. The second kappa shape index (κ2) is 4.07. The van der Waals surface area contributed by atoms with Gasteiger partial charge in [-0.1, -0.05) is 0 Å². The van der Waals surface area contributed by atoms with Crippen molar-refractivity contribution < 1.29 is 4.79 Å². The van der Waals surface area contributed by atoms with Crippen LogP contribution < -0.4 is 5.73 Å². The normalized spacial score (nSPS) is 23.8. The van der Waals surface area contributed by atoms with E-state index in [-0.39, 0.29) is 11.9 Å². The van der Waals surface area contributed by atoms with E-state index < -0.39 is 0 Å². The van der Waals surface area contributed by atoms with E-state index >= 15 is 0 Å². The molecule has 4 nitrogen and oxygen atoms in total. The topological polar surface area (TPSA) is 70.1 Å². The number of carbonyl (C=O) groups is 1. The molecule has 0 spiro atoms. The summed E-state index contributed by atoms with van der Waals surface area (Å²) in [4.78, 5) is 13.0. The maximum absolute atomic E-state index is 11.3. The molecule has 12 heavy (non-hydrogen) atoms. The summed E-state index contributed by atoms with van der Waals surface area (Å²) < 4.78 is 0. The second-order valence-corrected chi connectivity index (χ2v) is 2.98. The number of piperidine rings is 1. The van der Waals surface area contributed by atoms with Crippen molar-refractivity contribution in [1.82, 2.24) is 4.90 Å². The molecule has 0 aromatic carbocycles. The number of likely N-dealkylation sites (tertiary alicyclic amines) is 1. The molecule has 1 fully saturated rings. The van der Waals surface area contributed by atoms with Gasteiger partial charge in [0, 0.05) is 13.1 Å². The third kappa shape index (κ3) is 1.95. The van der Waals surface area contributed by atoms with Gasteiger partial charge in [-0.15, -0.1) is 0 Å². The van der Waals surface area contributed by atoms with Gasteiger partial charge in [0.25, 0.3) is 0 Å². The van der Waals surface area contributed by atoms with E-state index in [1.165, 1.54) is 0 Å². The molecule has 0 aromatic rings. The number of amides is 1. The summed E-state index contributed by atoms with van der Waals surface area (Å²) in [6, 6.07) is 1.68. The lowest BCUT2D eigenvalue weighted by Gasteiger charge is -2.29. The minimum Gasteiger partial charge on any atom is -0.340 e. The highest BCUT2D eigenvalue weighted by molar-refractivity contribution is 5.82. The fourth-order valence-electron chi connectivity index (χ4n) is 1.38. The van der Waals surface area contributed by atoms with Crippen LogP contribution in [-0.2, 0) is 4.79 Å². The van der Waals surface area contributed by atoms with Crippen molar-refractivity contribution in [3.63, 3.8) is 0 Å². The summed E-state index contributed by atoms with van der Waals surface area (Å²) >= 11 is 0. The Morgan fingerprint density at radius 2 is 2.50 bits per heavy atom. The van der Waals surface area contributed by atoms with Crippen LogP contribution in [0.3, 0.4) is 0 Å². The third-order valence-electron chi connectivity index (χ3n) is 2.07. The smallest absolute Gasteiger partial charge is 0.239 e. The lowest BCUT2D eigenvalue weighted by atomic mass is 10.1. The first kappa shape index (κ1) is 9.01. The molecule has 1 heterocycles. The van der Waals surface area contributed by atoms with Crippen molar-refractivity contribution in [2.75, 3.05) is 13.1 Å². The number of nitriles is 1. The van der Waals surface area contributed by atoms with Crippen molar-refractivity contribution >= 4 is 5.91 Å². The van der Waals surface area contributed by atoms with Crippen molar-refractivity contribution in [3.8, 4) is 6.07 Å². The van der Waals surface area contributed by atoms with Gasteiger partial charge in [-0.3, -0.25) is 4.79 Å². The molecule has 0 radical (unpaired) electrons. The number of hydrogen-bond acceptors (Lipinski definition) is 3. The van der Waals surface area contributed by atoms with E-state index in [2.05, 4.69) is 0 Å². The highest BCUT2D eigenvalue weighted by Gasteiger charge is 2.24. The zero-order chi connectivity index (χ0) is 8.97. The van der Waals surface area contributed by atoms with E-state index in [0.717, 1.165) is 19.4 Å². The first-order valence-corrected chi connectivity index (χ1v) is 4.17. The molecule has 0 bridgehead atoms. The van der Waals surface area contributed by atoms with Gasteiger partial charge in [-0.05, 0) is 12.8 Å². The third-order valence-corrected chi connectivity index (χ3v) is 2.07. The molecule has 1 aliphatic rings. The molecule has 0 aliphatic carbocycles. The molecule has 1 rings (SSSR count). The molecule has 2 N–H and O–H groups in total. The Hall–Kier alpha value is -1.08.